The summed E-state index contributed by atoms with van der Waals surface area (Å²) in [6.45, 7) is 5.79. The van der Waals surface area contributed by atoms with Crippen LogP contribution in [0.15, 0.2) is 9.59 Å². The van der Waals surface area contributed by atoms with Gasteiger partial charge in [-0.05, 0) is 39.8 Å². The van der Waals surface area contributed by atoms with Crippen molar-refractivity contribution in [3.63, 3.8) is 0 Å². The Labute approximate surface area is 128 Å². The Morgan fingerprint density at radius 2 is 1.77 bits per heavy atom. The topological polar surface area (TPSA) is 73.8 Å². The van der Waals surface area contributed by atoms with Gasteiger partial charge in [-0.3, -0.25) is 13.9 Å². The van der Waals surface area contributed by atoms with E-state index in [1.165, 1.54) is 11.6 Å². The number of nitrogens with zero attached hydrogens (tertiary/aromatic N) is 4. The van der Waals surface area contributed by atoms with Crippen molar-refractivity contribution >= 4 is 11.2 Å². The second-order valence-corrected chi connectivity index (χ2v) is 6.34. The molecule has 3 rings (SSSR count). The Bertz CT molecular complexity index is 821. The highest BCUT2D eigenvalue weighted by Crippen LogP contribution is 2.26. The molecule has 0 bridgehead atoms. The summed E-state index contributed by atoms with van der Waals surface area (Å²) in [5, 5.41) is 3.34. The Morgan fingerprint density at radius 3 is 2.36 bits per heavy atom. The largest absolute Gasteiger partial charge is 0.332 e. The van der Waals surface area contributed by atoms with E-state index >= 15 is 0 Å². The van der Waals surface area contributed by atoms with E-state index in [-0.39, 0.29) is 17.3 Å². The van der Waals surface area contributed by atoms with Crippen LogP contribution in [0.3, 0.4) is 0 Å². The molecule has 1 saturated heterocycles. The minimum atomic E-state index is -0.303. The molecule has 0 aromatic carbocycles. The molecule has 0 spiro atoms. The fourth-order valence-electron chi connectivity index (χ4n) is 3.32. The summed E-state index contributed by atoms with van der Waals surface area (Å²) in [5.74, 6) is 1.24. The van der Waals surface area contributed by atoms with Crippen LogP contribution < -0.4 is 16.6 Å². The molecule has 0 amide bonds. The first-order valence-electron chi connectivity index (χ1n) is 7.82. The summed E-state index contributed by atoms with van der Waals surface area (Å²) >= 11 is 0. The molecule has 7 heteroatoms. The number of imidazole rings is 1. The van der Waals surface area contributed by atoms with Gasteiger partial charge in [0.05, 0.1) is 0 Å². The van der Waals surface area contributed by atoms with E-state index < -0.39 is 0 Å². The van der Waals surface area contributed by atoms with Crippen molar-refractivity contribution in [2.75, 3.05) is 13.1 Å². The lowest BCUT2D eigenvalue weighted by Gasteiger charge is -2.21. The normalized spacial score (nSPS) is 16.8. The molecule has 120 valence electrons. The molecule has 2 aromatic heterocycles. The van der Waals surface area contributed by atoms with E-state index in [0.29, 0.717) is 17.1 Å². The van der Waals surface area contributed by atoms with Crippen molar-refractivity contribution < 1.29 is 0 Å². The quantitative estimate of drug-likeness (QED) is 0.876. The van der Waals surface area contributed by atoms with Gasteiger partial charge < -0.3 is 9.88 Å². The molecule has 0 saturated carbocycles. The van der Waals surface area contributed by atoms with Crippen LogP contribution in [0.1, 0.15) is 44.5 Å². The average Bonchev–Trinajstić information content (AvgIpc) is 2.83. The molecule has 1 fully saturated rings. The van der Waals surface area contributed by atoms with Gasteiger partial charge in [-0.1, -0.05) is 0 Å². The molecular weight excluding hydrogens is 282 g/mol. The molecule has 1 N–H and O–H groups in total. The van der Waals surface area contributed by atoms with Crippen LogP contribution >= 0.6 is 0 Å². The van der Waals surface area contributed by atoms with Crippen LogP contribution in [0, 0.1) is 0 Å². The lowest BCUT2D eigenvalue weighted by Crippen LogP contribution is -2.39. The van der Waals surface area contributed by atoms with Crippen LogP contribution in [0.5, 0.6) is 0 Å². The first-order valence-corrected chi connectivity index (χ1v) is 7.82. The van der Waals surface area contributed by atoms with E-state index in [9.17, 15) is 9.59 Å². The summed E-state index contributed by atoms with van der Waals surface area (Å²) in [6.07, 6.45) is 2.01. The van der Waals surface area contributed by atoms with Gasteiger partial charge in [0.2, 0.25) is 0 Å². The molecule has 2 aromatic rings. The predicted octanol–water partition coefficient (Wildman–Crippen LogP) is 0.482. The van der Waals surface area contributed by atoms with Gasteiger partial charge in [0.25, 0.3) is 5.56 Å². The van der Waals surface area contributed by atoms with Crippen molar-refractivity contribution in [1.82, 2.24) is 24.0 Å². The number of piperidine rings is 1. The van der Waals surface area contributed by atoms with E-state index in [1.54, 1.807) is 4.57 Å². The van der Waals surface area contributed by atoms with Gasteiger partial charge in [0, 0.05) is 26.1 Å². The van der Waals surface area contributed by atoms with Crippen LogP contribution in [0.25, 0.3) is 11.2 Å². The number of aromatic nitrogens is 4. The van der Waals surface area contributed by atoms with Crippen LogP contribution in [-0.4, -0.2) is 31.8 Å². The van der Waals surface area contributed by atoms with Gasteiger partial charge in [-0.15, -0.1) is 0 Å². The number of aryl methyl sites for hydroxylation is 1. The summed E-state index contributed by atoms with van der Waals surface area (Å²) < 4.78 is 4.67. The Morgan fingerprint density at radius 1 is 1.14 bits per heavy atom. The molecule has 1 aliphatic heterocycles. The monoisotopic (exact) mass is 305 g/mol. The zero-order chi connectivity index (χ0) is 16.0. The van der Waals surface area contributed by atoms with Crippen molar-refractivity contribution in [1.29, 1.82) is 0 Å². The van der Waals surface area contributed by atoms with Gasteiger partial charge in [-0.25, -0.2) is 9.78 Å². The van der Waals surface area contributed by atoms with Crippen LogP contribution in [0.2, 0.25) is 0 Å². The summed E-state index contributed by atoms with van der Waals surface area (Å²) in [7, 11) is 3.41. The fourth-order valence-corrected chi connectivity index (χ4v) is 3.32. The van der Waals surface area contributed by atoms with E-state index in [1.807, 2.05) is 25.5 Å². The number of hydrogen-bond donors (Lipinski definition) is 1. The maximum absolute atomic E-state index is 12.5. The third kappa shape index (κ3) is 2.11. The summed E-state index contributed by atoms with van der Waals surface area (Å²) in [5.41, 5.74) is 0.456. The zero-order valence-electron chi connectivity index (χ0n) is 13.6. The lowest BCUT2D eigenvalue weighted by molar-refractivity contribution is 0.438. The van der Waals surface area contributed by atoms with Crippen molar-refractivity contribution in [3.05, 3.63) is 26.7 Å². The standard InChI is InChI=1S/C15H23N5O2/c1-9(2)20-13-11(14(21)19(4)15(20)22)18(3)12(17-13)10-5-7-16-8-6-10/h9-10,16H,5-8H2,1-4H3. The maximum Gasteiger partial charge on any atom is 0.332 e. The highest BCUT2D eigenvalue weighted by molar-refractivity contribution is 5.71. The predicted molar refractivity (Wildman–Crippen MR) is 85.4 cm³/mol. The first kappa shape index (κ1) is 15.0. The fraction of sp³-hybridized carbons (Fsp3) is 0.667. The summed E-state index contributed by atoms with van der Waals surface area (Å²) in [6, 6.07) is -0.0439. The molecule has 7 nitrogen and oxygen atoms in total. The molecular formula is C15H23N5O2. The lowest BCUT2D eigenvalue weighted by atomic mass is 9.97. The Kier molecular flexibility index (Phi) is 3.68. The van der Waals surface area contributed by atoms with E-state index in [4.69, 9.17) is 4.98 Å². The van der Waals surface area contributed by atoms with Crippen LogP contribution in [-0.2, 0) is 14.1 Å². The SMILES string of the molecule is CC(C)n1c(=O)n(C)c(=O)c2c1nc(C1CCNCC1)n2C. The second kappa shape index (κ2) is 5.39. The Balaban J connectivity index is 2.33. The third-order valence-electron chi connectivity index (χ3n) is 4.56. The number of fused-ring (bicyclic) bond motifs is 1. The first-order chi connectivity index (χ1) is 10.4. The number of rotatable bonds is 2. The molecule has 1 aliphatic rings. The highest BCUT2D eigenvalue weighted by atomic mass is 16.2. The van der Waals surface area contributed by atoms with Crippen LogP contribution in [0.4, 0.5) is 0 Å². The van der Waals surface area contributed by atoms with Gasteiger partial charge in [-0.2, -0.15) is 0 Å². The van der Waals surface area contributed by atoms with Crippen molar-refractivity contribution in [3.8, 4) is 0 Å². The minimum Gasteiger partial charge on any atom is -0.325 e. The molecule has 0 atom stereocenters. The maximum atomic E-state index is 12.5. The third-order valence-corrected chi connectivity index (χ3v) is 4.56. The van der Waals surface area contributed by atoms with Gasteiger partial charge in [0.1, 0.15) is 5.82 Å². The van der Waals surface area contributed by atoms with E-state index in [2.05, 4.69) is 5.32 Å². The summed E-state index contributed by atoms with van der Waals surface area (Å²) in [4.78, 5) is 29.6. The molecule has 22 heavy (non-hydrogen) atoms. The molecule has 0 unspecified atom stereocenters. The van der Waals surface area contributed by atoms with Crippen molar-refractivity contribution in [2.24, 2.45) is 14.1 Å². The van der Waals surface area contributed by atoms with Gasteiger partial charge >= 0.3 is 5.69 Å². The second-order valence-electron chi connectivity index (χ2n) is 6.34. The van der Waals surface area contributed by atoms with E-state index in [0.717, 1.165) is 31.8 Å². The smallest absolute Gasteiger partial charge is 0.325 e. The number of nitrogens with one attached hydrogen (secondary N) is 1. The minimum absolute atomic E-state index is 0.0439. The number of hydrogen-bond acceptors (Lipinski definition) is 4. The molecule has 3 heterocycles. The Hall–Kier alpha value is -1.89. The average molecular weight is 305 g/mol. The van der Waals surface area contributed by atoms with Gasteiger partial charge in [0.15, 0.2) is 11.2 Å². The molecule has 0 radical (unpaired) electrons. The zero-order valence-corrected chi connectivity index (χ0v) is 13.6. The molecule has 0 aliphatic carbocycles. The van der Waals surface area contributed by atoms with Crippen molar-refractivity contribution in [2.45, 2.75) is 38.6 Å². The highest BCUT2D eigenvalue weighted by Gasteiger charge is 2.25.